The molecule has 0 saturated carbocycles. The largest absolute Gasteiger partial charge is 0.417 e. The van der Waals surface area contributed by atoms with E-state index in [4.69, 9.17) is 11.6 Å². The van der Waals surface area contributed by atoms with Gasteiger partial charge in [-0.15, -0.1) is 11.3 Å². The molecule has 0 unspecified atom stereocenters. The normalized spacial score (nSPS) is 16.8. The van der Waals surface area contributed by atoms with Gasteiger partial charge in [0.1, 0.15) is 5.82 Å². The fourth-order valence-corrected chi connectivity index (χ4v) is 3.47. The molecule has 3 heterocycles. The standard InChI is InChI=1S/C14H14ClF3N4S/c15-13-20-8-11(23-13)9-21-3-5-22(6-4-21)12-2-1-10(7-19-12)14(16,17)18/h1-2,7-8H,3-6,9H2. The second-order valence-electron chi connectivity index (χ2n) is 5.25. The highest BCUT2D eigenvalue weighted by Gasteiger charge is 2.31. The van der Waals surface area contributed by atoms with Gasteiger partial charge < -0.3 is 4.90 Å². The molecule has 2 aromatic heterocycles. The molecule has 0 spiro atoms. The maximum atomic E-state index is 12.5. The van der Waals surface area contributed by atoms with Gasteiger partial charge in [-0.25, -0.2) is 9.97 Å². The summed E-state index contributed by atoms with van der Waals surface area (Å²) in [6, 6.07) is 2.51. The molecule has 4 nitrogen and oxygen atoms in total. The zero-order valence-electron chi connectivity index (χ0n) is 12.1. The maximum absolute atomic E-state index is 12.5. The summed E-state index contributed by atoms with van der Waals surface area (Å²) < 4.78 is 38.2. The molecule has 0 radical (unpaired) electrons. The molecule has 2 aromatic rings. The first-order chi connectivity index (χ1) is 10.9. The van der Waals surface area contributed by atoms with Crippen molar-refractivity contribution in [2.75, 3.05) is 31.1 Å². The van der Waals surface area contributed by atoms with E-state index >= 15 is 0 Å². The predicted octanol–water partition coefficient (Wildman–Crippen LogP) is 3.53. The van der Waals surface area contributed by atoms with Gasteiger partial charge in [0, 0.05) is 50.0 Å². The molecule has 23 heavy (non-hydrogen) atoms. The van der Waals surface area contributed by atoms with Crippen LogP contribution in [-0.2, 0) is 12.7 Å². The molecule has 1 fully saturated rings. The van der Waals surface area contributed by atoms with Gasteiger partial charge in [-0.1, -0.05) is 11.6 Å². The third-order valence-electron chi connectivity index (χ3n) is 3.68. The molecular weight excluding hydrogens is 349 g/mol. The lowest BCUT2D eigenvalue weighted by Crippen LogP contribution is -2.46. The second-order valence-corrected chi connectivity index (χ2v) is 6.94. The van der Waals surface area contributed by atoms with Gasteiger partial charge in [0.25, 0.3) is 0 Å². The van der Waals surface area contributed by atoms with Crippen LogP contribution in [0.15, 0.2) is 24.5 Å². The summed E-state index contributed by atoms with van der Waals surface area (Å²) in [5, 5.41) is 0. The minimum atomic E-state index is -4.35. The minimum absolute atomic E-state index is 0.535. The average molecular weight is 363 g/mol. The van der Waals surface area contributed by atoms with Crippen LogP contribution >= 0.6 is 22.9 Å². The van der Waals surface area contributed by atoms with Crippen molar-refractivity contribution in [1.29, 1.82) is 0 Å². The lowest BCUT2D eigenvalue weighted by atomic mass is 10.2. The predicted molar refractivity (Wildman–Crippen MR) is 83.9 cm³/mol. The number of pyridine rings is 1. The van der Waals surface area contributed by atoms with Crippen LogP contribution < -0.4 is 4.90 Å². The first kappa shape index (κ1) is 16.5. The lowest BCUT2D eigenvalue weighted by molar-refractivity contribution is -0.137. The Kier molecular flexibility index (Phi) is 4.74. The molecule has 1 aliphatic heterocycles. The van der Waals surface area contributed by atoms with Crippen molar-refractivity contribution in [1.82, 2.24) is 14.9 Å². The molecule has 3 rings (SSSR count). The molecule has 0 aliphatic carbocycles. The van der Waals surface area contributed by atoms with Gasteiger partial charge in [0.2, 0.25) is 0 Å². The number of piperazine rings is 1. The quantitative estimate of drug-likeness (QED) is 0.836. The van der Waals surface area contributed by atoms with Crippen LogP contribution in [-0.4, -0.2) is 41.0 Å². The molecule has 0 aromatic carbocycles. The number of rotatable bonds is 3. The van der Waals surface area contributed by atoms with Gasteiger partial charge in [-0.2, -0.15) is 13.2 Å². The number of nitrogens with zero attached hydrogens (tertiary/aromatic N) is 4. The number of thiazole rings is 1. The van der Waals surface area contributed by atoms with Crippen LogP contribution in [0.25, 0.3) is 0 Å². The van der Waals surface area contributed by atoms with Crippen LogP contribution in [0, 0.1) is 0 Å². The summed E-state index contributed by atoms with van der Waals surface area (Å²) >= 11 is 7.28. The molecule has 1 saturated heterocycles. The molecule has 9 heteroatoms. The molecule has 0 atom stereocenters. The molecule has 1 aliphatic rings. The van der Waals surface area contributed by atoms with Crippen molar-refractivity contribution < 1.29 is 13.2 Å². The van der Waals surface area contributed by atoms with Crippen LogP contribution in [0.1, 0.15) is 10.4 Å². The molecular formula is C14H14ClF3N4S. The van der Waals surface area contributed by atoms with E-state index < -0.39 is 11.7 Å². The zero-order valence-corrected chi connectivity index (χ0v) is 13.6. The Morgan fingerprint density at radius 2 is 1.83 bits per heavy atom. The van der Waals surface area contributed by atoms with Crippen LogP contribution in [0.2, 0.25) is 4.47 Å². The molecule has 124 valence electrons. The Labute approximate surface area is 140 Å². The highest BCUT2D eigenvalue weighted by atomic mass is 35.5. The highest BCUT2D eigenvalue weighted by Crippen LogP contribution is 2.29. The number of anilines is 1. The number of hydrogen-bond acceptors (Lipinski definition) is 5. The molecule has 0 bridgehead atoms. The Morgan fingerprint density at radius 3 is 2.35 bits per heavy atom. The first-order valence-electron chi connectivity index (χ1n) is 7.02. The van der Waals surface area contributed by atoms with E-state index in [1.54, 1.807) is 6.20 Å². The van der Waals surface area contributed by atoms with Crippen molar-refractivity contribution in [2.24, 2.45) is 0 Å². The number of halogens is 4. The average Bonchev–Trinajstić information content (AvgIpc) is 2.92. The molecule has 0 amide bonds. The van der Waals surface area contributed by atoms with Gasteiger partial charge in [0.15, 0.2) is 4.47 Å². The van der Waals surface area contributed by atoms with E-state index in [1.807, 2.05) is 4.90 Å². The van der Waals surface area contributed by atoms with Gasteiger partial charge in [-0.3, -0.25) is 4.90 Å². The number of aromatic nitrogens is 2. The topological polar surface area (TPSA) is 32.3 Å². The molecule has 0 N–H and O–H groups in total. The summed E-state index contributed by atoms with van der Waals surface area (Å²) in [6.07, 6.45) is -1.68. The van der Waals surface area contributed by atoms with Crippen molar-refractivity contribution in [3.63, 3.8) is 0 Å². The summed E-state index contributed by atoms with van der Waals surface area (Å²) in [5.74, 6) is 0.582. The number of hydrogen-bond donors (Lipinski definition) is 0. The lowest BCUT2D eigenvalue weighted by Gasteiger charge is -2.35. The number of alkyl halides is 3. The van der Waals surface area contributed by atoms with Crippen LogP contribution in [0.5, 0.6) is 0 Å². The van der Waals surface area contributed by atoms with E-state index in [9.17, 15) is 13.2 Å². The van der Waals surface area contributed by atoms with Gasteiger partial charge in [0.05, 0.1) is 5.56 Å². The smallest absolute Gasteiger partial charge is 0.354 e. The third kappa shape index (κ3) is 4.13. The van der Waals surface area contributed by atoms with Gasteiger partial charge in [-0.05, 0) is 12.1 Å². The van der Waals surface area contributed by atoms with E-state index in [0.717, 1.165) is 49.9 Å². The summed E-state index contributed by atoms with van der Waals surface area (Å²) in [6.45, 7) is 3.88. The van der Waals surface area contributed by atoms with Crippen molar-refractivity contribution in [3.05, 3.63) is 39.4 Å². The fourth-order valence-electron chi connectivity index (χ4n) is 2.45. The highest BCUT2D eigenvalue weighted by molar-refractivity contribution is 7.15. The monoisotopic (exact) mass is 362 g/mol. The summed E-state index contributed by atoms with van der Waals surface area (Å²) in [7, 11) is 0. The van der Waals surface area contributed by atoms with Crippen LogP contribution in [0.3, 0.4) is 0 Å². The van der Waals surface area contributed by atoms with E-state index in [-0.39, 0.29) is 0 Å². The Balaban J connectivity index is 1.56. The summed E-state index contributed by atoms with van der Waals surface area (Å²) in [5.41, 5.74) is -0.720. The Bertz CT molecular complexity index is 651. The SMILES string of the molecule is FC(F)(F)c1ccc(N2CCN(Cc3cnc(Cl)s3)CC2)nc1. The van der Waals surface area contributed by atoms with Gasteiger partial charge >= 0.3 is 6.18 Å². The van der Waals surface area contributed by atoms with E-state index in [1.165, 1.54) is 17.4 Å². The van der Waals surface area contributed by atoms with Crippen molar-refractivity contribution in [2.45, 2.75) is 12.7 Å². The minimum Gasteiger partial charge on any atom is -0.354 e. The third-order valence-corrected chi connectivity index (χ3v) is 4.78. The summed E-state index contributed by atoms with van der Waals surface area (Å²) in [4.78, 5) is 13.3. The maximum Gasteiger partial charge on any atom is 0.417 e. The fraction of sp³-hybridized carbons (Fsp3) is 0.429. The Morgan fingerprint density at radius 1 is 1.09 bits per heavy atom. The Hall–Kier alpha value is -1.38. The van der Waals surface area contributed by atoms with Crippen molar-refractivity contribution in [3.8, 4) is 0 Å². The van der Waals surface area contributed by atoms with Crippen molar-refractivity contribution >= 4 is 28.8 Å². The first-order valence-corrected chi connectivity index (χ1v) is 8.22. The van der Waals surface area contributed by atoms with E-state index in [0.29, 0.717) is 10.3 Å². The van der Waals surface area contributed by atoms with E-state index in [2.05, 4.69) is 14.9 Å². The second kappa shape index (κ2) is 6.62. The zero-order chi connectivity index (χ0) is 16.4. The van der Waals surface area contributed by atoms with Crippen LogP contribution in [0.4, 0.5) is 19.0 Å².